The van der Waals surface area contributed by atoms with Gasteiger partial charge in [0, 0.05) is 18.9 Å². The fourth-order valence-corrected chi connectivity index (χ4v) is 1.99. The topological polar surface area (TPSA) is 63.3 Å². The van der Waals surface area contributed by atoms with Crippen LogP contribution in [0.4, 0.5) is 0 Å². The number of nitrogens with zero attached hydrogens (tertiary/aromatic N) is 3. The molecule has 0 aliphatic rings. The van der Waals surface area contributed by atoms with Crippen molar-refractivity contribution in [2.45, 2.75) is 19.0 Å². The molecular weight excluding hydrogens is 256 g/mol. The minimum Gasteiger partial charge on any atom is -0.468 e. The molecule has 0 saturated carbocycles. The number of carbonyl (C=O) groups excluding carboxylic acids is 1. The Morgan fingerprint density at radius 1 is 1.50 bits per heavy atom. The summed E-state index contributed by atoms with van der Waals surface area (Å²) in [5.74, 6) is 0.772. The number of hydrogen-bond acceptors (Lipinski definition) is 4. The Kier molecular flexibility index (Phi) is 4.57. The highest BCUT2D eigenvalue weighted by Gasteiger charge is 2.20. The van der Waals surface area contributed by atoms with Crippen LogP contribution in [-0.2, 0) is 4.79 Å². The second kappa shape index (κ2) is 6.38. The van der Waals surface area contributed by atoms with Crippen LogP contribution in [0, 0.1) is 0 Å². The molecule has 6 heteroatoms. The molecule has 0 saturated heterocycles. The first-order chi connectivity index (χ1) is 9.59. The number of likely N-dealkylation sites (N-methyl/N-ethyl adjacent to an activating group) is 1. The summed E-state index contributed by atoms with van der Waals surface area (Å²) in [5, 5.41) is 7.02. The maximum Gasteiger partial charge on any atom is 0.244 e. The van der Waals surface area contributed by atoms with Gasteiger partial charge in [-0.2, -0.15) is 5.10 Å². The summed E-state index contributed by atoms with van der Waals surface area (Å²) in [7, 11) is 3.91. The maximum absolute atomic E-state index is 12.1. The summed E-state index contributed by atoms with van der Waals surface area (Å²) < 4.78 is 7.04. The first-order valence-corrected chi connectivity index (χ1v) is 6.56. The molecule has 0 aromatic carbocycles. The standard InChI is InChI=1S/C14H20N4O2/c1-11(18-8-5-7-16-18)14(19)15-10-12(17(2)3)13-6-4-9-20-13/h4-9,11-12H,10H2,1-3H3,(H,15,19)/t11-,12-/m0/s1. The van der Waals surface area contributed by atoms with Gasteiger partial charge in [0.1, 0.15) is 11.8 Å². The number of hydrogen-bond donors (Lipinski definition) is 1. The van der Waals surface area contributed by atoms with Crippen molar-refractivity contribution in [3.63, 3.8) is 0 Å². The Bertz CT molecular complexity index is 519. The van der Waals surface area contributed by atoms with E-state index >= 15 is 0 Å². The molecule has 2 rings (SSSR count). The van der Waals surface area contributed by atoms with Crippen molar-refractivity contribution >= 4 is 5.91 Å². The molecule has 0 aliphatic heterocycles. The summed E-state index contributed by atoms with van der Waals surface area (Å²) >= 11 is 0. The summed E-state index contributed by atoms with van der Waals surface area (Å²) in [5.41, 5.74) is 0. The van der Waals surface area contributed by atoms with Gasteiger partial charge in [-0.1, -0.05) is 0 Å². The van der Waals surface area contributed by atoms with Crippen LogP contribution < -0.4 is 5.32 Å². The number of amides is 1. The molecule has 0 fully saturated rings. The van der Waals surface area contributed by atoms with Crippen molar-refractivity contribution in [3.8, 4) is 0 Å². The van der Waals surface area contributed by atoms with Crippen molar-refractivity contribution in [2.75, 3.05) is 20.6 Å². The van der Waals surface area contributed by atoms with E-state index in [9.17, 15) is 4.79 Å². The molecule has 1 N–H and O–H groups in total. The number of furan rings is 1. The maximum atomic E-state index is 12.1. The molecule has 1 amide bonds. The van der Waals surface area contributed by atoms with Crippen LogP contribution in [0.1, 0.15) is 24.8 Å². The van der Waals surface area contributed by atoms with Gasteiger partial charge in [-0.15, -0.1) is 0 Å². The van der Waals surface area contributed by atoms with Crippen molar-refractivity contribution in [1.82, 2.24) is 20.0 Å². The van der Waals surface area contributed by atoms with Gasteiger partial charge in [-0.05, 0) is 39.2 Å². The van der Waals surface area contributed by atoms with Gasteiger partial charge in [0.15, 0.2) is 0 Å². The predicted molar refractivity (Wildman–Crippen MR) is 75.1 cm³/mol. The van der Waals surface area contributed by atoms with Gasteiger partial charge in [-0.3, -0.25) is 14.4 Å². The smallest absolute Gasteiger partial charge is 0.244 e. The van der Waals surface area contributed by atoms with Crippen LogP contribution in [0.5, 0.6) is 0 Å². The number of aromatic nitrogens is 2. The zero-order chi connectivity index (χ0) is 14.5. The third-order valence-electron chi connectivity index (χ3n) is 3.27. The Hall–Kier alpha value is -2.08. The largest absolute Gasteiger partial charge is 0.468 e. The molecule has 2 aromatic heterocycles. The van der Waals surface area contributed by atoms with E-state index < -0.39 is 0 Å². The molecule has 0 spiro atoms. The van der Waals surface area contributed by atoms with E-state index in [2.05, 4.69) is 10.4 Å². The predicted octanol–water partition coefficient (Wildman–Crippen LogP) is 1.46. The van der Waals surface area contributed by atoms with Gasteiger partial charge in [0.05, 0.1) is 12.3 Å². The van der Waals surface area contributed by atoms with Gasteiger partial charge >= 0.3 is 0 Å². The highest BCUT2D eigenvalue weighted by molar-refractivity contribution is 5.79. The molecule has 2 heterocycles. The van der Waals surface area contributed by atoms with Crippen LogP contribution in [-0.4, -0.2) is 41.2 Å². The molecule has 0 unspecified atom stereocenters. The highest BCUT2D eigenvalue weighted by atomic mass is 16.3. The normalized spacial score (nSPS) is 14.2. The lowest BCUT2D eigenvalue weighted by Gasteiger charge is -2.23. The van der Waals surface area contributed by atoms with Crippen LogP contribution >= 0.6 is 0 Å². The molecule has 0 bridgehead atoms. The van der Waals surface area contributed by atoms with Gasteiger partial charge in [-0.25, -0.2) is 0 Å². The fourth-order valence-electron chi connectivity index (χ4n) is 1.99. The quantitative estimate of drug-likeness (QED) is 0.867. The molecule has 2 atom stereocenters. The Labute approximate surface area is 118 Å². The SMILES string of the molecule is C[C@@H](C(=O)NC[C@@H](c1ccco1)N(C)C)n1cccn1. The lowest BCUT2D eigenvalue weighted by atomic mass is 10.2. The van der Waals surface area contributed by atoms with E-state index in [-0.39, 0.29) is 18.0 Å². The number of rotatable bonds is 6. The number of carbonyl (C=O) groups is 1. The van der Waals surface area contributed by atoms with Gasteiger partial charge in [0.2, 0.25) is 5.91 Å². The fraction of sp³-hybridized carbons (Fsp3) is 0.429. The first-order valence-electron chi connectivity index (χ1n) is 6.56. The number of nitrogens with one attached hydrogen (secondary N) is 1. The van der Waals surface area contributed by atoms with Gasteiger partial charge < -0.3 is 9.73 Å². The monoisotopic (exact) mass is 276 g/mol. The van der Waals surface area contributed by atoms with E-state index in [1.54, 1.807) is 29.4 Å². The van der Waals surface area contributed by atoms with Crippen LogP contribution in [0.25, 0.3) is 0 Å². The third kappa shape index (κ3) is 3.27. The van der Waals surface area contributed by atoms with Crippen molar-refractivity contribution in [1.29, 1.82) is 0 Å². The Morgan fingerprint density at radius 2 is 2.30 bits per heavy atom. The summed E-state index contributed by atoms with van der Waals surface area (Å²) in [6.45, 7) is 2.31. The molecule has 6 nitrogen and oxygen atoms in total. The summed E-state index contributed by atoms with van der Waals surface area (Å²) in [6, 6.07) is 5.24. The molecule has 0 radical (unpaired) electrons. The second-order valence-electron chi connectivity index (χ2n) is 4.90. The van der Waals surface area contributed by atoms with E-state index in [1.807, 2.05) is 38.1 Å². The van der Waals surface area contributed by atoms with Crippen LogP contribution in [0.15, 0.2) is 41.3 Å². The lowest BCUT2D eigenvalue weighted by molar-refractivity contribution is -0.124. The minimum absolute atomic E-state index is 0.0128. The van der Waals surface area contributed by atoms with E-state index in [4.69, 9.17) is 4.42 Å². The Balaban J connectivity index is 1.94. The lowest BCUT2D eigenvalue weighted by Crippen LogP contribution is -2.37. The zero-order valence-electron chi connectivity index (χ0n) is 12.0. The van der Waals surface area contributed by atoms with E-state index in [1.165, 1.54) is 0 Å². The Morgan fingerprint density at radius 3 is 2.85 bits per heavy atom. The zero-order valence-corrected chi connectivity index (χ0v) is 12.0. The molecular formula is C14H20N4O2. The summed E-state index contributed by atoms with van der Waals surface area (Å²) in [6.07, 6.45) is 5.08. The highest BCUT2D eigenvalue weighted by Crippen LogP contribution is 2.17. The molecule has 2 aromatic rings. The van der Waals surface area contributed by atoms with Crippen molar-refractivity contribution in [2.24, 2.45) is 0 Å². The minimum atomic E-state index is -0.329. The van der Waals surface area contributed by atoms with Crippen LogP contribution in [0.2, 0.25) is 0 Å². The van der Waals surface area contributed by atoms with Crippen molar-refractivity contribution in [3.05, 3.63) is 42.6 Å². The van der Waals surface area contributed by atoms with Crippen molar-refractivity contribution < 1.29 is 9.21 Å². The van der Waals surface area contributed by atoms with Gasteiger partial charge in [0.25, 0.3) is 0 Å². The molecule has 20 heavy (non-hydrogen) atoms. The van der Waals surface area contributed by atoms with Crippen LogP contribution in [0.3, 0.4) is 0 Å². The third-order valence-corrected chi connectivity index (χ3v) is 3.27. The average molecular weight is 276 g/mol. The average Bonchev–Trinajstić information content (AvgIpc) is 3.10. The first kappa shape index (κ1) is 14.3. The molecule has 0 aliphatic carbocycles. The summed E-state index contributed by atoms with van der Waals surface area (Å²) in [4.78, 5) is 14.1. The van der Waals surface area contributed by atoms with E-state index in [0.29, 0.717) is 6.54 Å². The second-order valence-corrected chi connectivity index (χ2v) is 4.90. The molecule has 108 valence electrons. The van der Waals surface area contributed by atoms with E-state index in [0.717, 1.165) is 5.76 Å².